The van der Waals surface area contributed by atoms with E-state index in [4.69, 9.17) is 5.73 Å². The van der Waals surface area contributed by atoms with E-state index in [2.05, 4.69) is 14.7 Å². The van der Waals surface area contributed by atoms with E-state index in [0.29, 0.717) is 10.6 Å². The number of ether oxygens (including phenoxy) is 1. The topological polar surface area (TPSA) is 82.0 Å². The van der Waals surface area contributed by atoms with Crippen LogP contribution in [0.15, 0.2) is 34.3 Å². The minimum Gasteiger partial charge on any atom is -0.463 e. The van der Waals surface area contributed by atoms with Gasteiger partial charge in [-0.05, 0) is 6.07 Å². The third-order valence-corrected chi connectivity index (χ3v) is 3.69. The number of fused-ring (bicyclic) bond motifs is 1. The number of halogens is 9. The molecule has 2 aromatic heterocycles. The van der Waals surface area contributed by atoms with E-state index in [9.17, 15) is 44.3 Å². The molecule has 0 radical (unpaired) electrons. The number of allylic oxidation sites excluding steroid dienone is 1. The molecular weight excluding hydrogens is 451 g/mol. The molecule has 0 saturated heterocycles. The summed E-state index contributed by atoms with van der Waals surface area (Å²) in [5, 5.41) is 0. The molecule has 15 heteroatoms. The summed E-state index contributed by atoms with van der Waals surface area (Å²) in [4.78, 5) is 18.7. The van der Waals surface area contributed by atoms with Crippen LogP contribution < -0.4 is 16.0 Å². The third kappa shape index (κ3) is 5.08. The lowest BCUT2D eigenvalue weighted by molar-refractivity contribution is -0.276. The fraction of sp³-hybridized carbons (Fsp3) is 0.312. The lowest BCUT2D eigenvalue weighted by Gasteiger charge is -2.17. The lowest BCUT2D eigenvalue weighted by atomic mass is 10.1. The van der Waals surface area contributed by atoms with Crippen LogP contribution in [0.4, 0.5) is 39.5 Å². The number of pyridine rings is 1. The highest BCUT2D eigenvalue weighted by molar-refractivity contribution is 6.10. The molecule has 0 unspecified atom stereocenters. The van der Waals surface area contributed by atoms with Crippen molar-refractivity contribution in [3.05, 3.63) is 46.1 Å². The largest absolute Gasteiger partial charge is 0.463 e. The maximum absolute atomic E-state index is 13.5. The Morgan fingerprint density at radius 3 is 2.35 bits per heavy atom. The summed E-state index contributed by atoms with van der Waals surface area (Å²) in [6.07, 6.45) is -9.77. The summed E-state index contributed by atoms with van der Waals surface area (Å²) < 4.78 is 120. The van der Waals surface area contributed by atoms with Crippen molar-refractivity contribution in [3.63, 3.8) is 0 Å². The maximum atomic E-state index is 13.5. The summed E-state index contributed by atoms with van der Waals surface area (Å²) in [7, 11) is 0. The van der Waals surface area contributed by atoms with Crippen molar-refractivity contribution < 1.29 is 44.3 Å². The van der Waals surface area contributed by atoms with Gasteiger partial charge in [0.2, 0.25) is 6.86 Å². The highest BCUT2D eigenvalue weighted by atomic mass is 19.4. The SMILES string of the molecule is N/C=C(\C=NCC(F)(F)C(F)(F)F)c1c(C(F)(F)F)nc2cc(OCF)ccn2c1=O. The van der Waals surface area contributed by atoms with Gasteiger partial charge in [-0.3, -0.25) is 14.2 Å². The summed E-state index contributed by atoms with van der Waals surface area (Å²) in [5.74, 6) is -5.51. The monoisotopic (exact) mass is 462 g/mol. The predicted molar refractivity (Wildman–Crippen MR) is 89.6 cm³/mol. The number of aromatic nitrogens is 2. The zero-order chi connectivity index (χ0) is 23.6. The predicted octanol–water partition coefficient (Wildman–Crippen LogP) is 3.59. The van der Waals surface area contributed by atoms with Gasteiger partial charge in [-0.2, -0.15) is 35.1 Å². The average molecular weight is 462 g/mol. The number of hydrogen-bond acceptors (Lipinski definition) is 5. The zero-order valence-electron chi connectivity index (χ0n) is 14.9. The highest BCUT2D eigenvalue weighted by Crippen LogP contribution is 2.36. The highest BCUT2D eigenvalue weighted by Gasteiger charge is 2.57. The van der Waals surface area contributed by atoms with Crippen molar-refractivity contribution >= 4 is 17.4 Å². The number of alkyl halides is 9. The van der Waals surface area contributed by atoms with Crippen LogP contribution >= 0.6 is 0 Å². The quantitative estimate of drug-likeness (QED) is 0.526. The van der Waals surface area contributed by atoms with E-state index in [0.717, 1.165) is 18.3 Å². The average Bonchev–Trinajstić information content (AvgIpc) is 2.64. The molecular formula is C16H11F9N4O2. The Kier molecular flexibility index (Phi) is 6.56. The van der Waals surface area contributed by atoms with Crippen molar-refractivity contribution in [2.45, 2.75) is 18.3 Å². The normalized spacial score (nSPS) is 13.9. The molecule has 0 aliphatic carbocycles. The first-order valence-electron chi connectivity index (χ1n) is 7.92. The standard InChI is InChI=1S/C16H11F9N4O2/c17-7-31-9-1-2-29-10(3-9)28-12(15(20,21)22)11(13(29)30)8(4-26)5-27-6-14(18,19)16(23,24)25/h1-5H,6-7,26H2/b8-4+,27-5?. The number of rotatable bonds is 6. The van der Waals surface area contributed by atoms with E-state index < -0.39 is 59.7 Å². The van der Waals surface area contributed by atoms with E-state index in [1.165, 1.54) is 0 Å². The summed E-state index contributed by atoms with van der Waals surface area (Å²) >= 11 is 0. The van der Waals surface area contributed by atoms with Gasteiger partial charge < -0.3 is 10.5 Å². The Bertz CT molecular complexity index is 1070. The van der Waals surface area contributed by atoms with Gasteiger partial charge in [0, 0.05) is 30.3 Å². The molecule has 6 nitrogen and oxygen atoms in total. The van der Waals surface area contributed by atoms with Crippen molar-refractivity contribution in [1.82, 2.24) is 9.38 Å². The Labute approximate surface area is 166 Å². The van der Waals surface area contributed by atoms with Crippen LogP contribution in [0.1, 0.15) is 11.3 Å². The van der Waals surface area contributed by atoms with Crippen molar-refractivity contribution in [2.75, 3.05) is 13.4 Å². The number of nitrogens with zero attached hydrogens (tertiary/aromatic N) is 3. The van der Waals surface area contributed by atoms with Crippen LogP contribution in [-0.4, -0.2) is 41.1 Å². The fourth-order valence-electron chi connectivity index (χ4n) is 2.28. The third-order valence-electron chi connectivity index (χ3n) is 3.69. The smallest absolute Gasteiger partial charge is 0.455 e. The van der Waals surface area contributed by atoms with Gasteiger partial charge in [-0.15, -0.1) is 0 Å². The molecule has 2 N–H and O–H groups in total. The van der Waals surface area contributed by atoms with Crippen molar-refractivity contribution in [1.29, 1.82) is 0 Å². The van der Waals surface area contributed by atoms with Gasteiger partial charge in [0.05, 0.1) is 5.56 Å². The van der Waals surface area contributed by atoms with Crippen molar-refractivity contribution in [2.24, 2.45) is 10.7 Å². The van der Waals surface area contributed by atoms with Crippen LogP contribution in [0.2, 0.25) is 0 Å². The Balaban J connectivity index is 2.63. The first-order valence-corrected chi connectivity index (χ1v) is 7.92. The number of hydrogen-bond donors (Lipinski definition) is 1. The van der Waals surface area contributed by atoms with Crippen LogP contribution in [0.5, 0.6) is 5.75 Å². The molecule has 0 aliphatic rings. The van der Waals surface area contributed by atoms with Crippen molar-refractivity contribution in [3.8, 4) is 5.75 Å². The first-order chi connectivity index (χ1) is 14.2. The van der Waals surface area contributed by atoms with Crippen LogP contribution in [0.3, 0.4) is 0 Å². The molecule has 0 spiro atoms. The Morgan fingerprint density at radius 1 is 1.19 bits per heavy atom. The summed E-state index contributed by atoms with van der Waals surface area (Å²) in [6.45, 7) is -3.47. The lowest BCUT2D eigenvalue weighted by Crippen LogP contribution is -2.39. The van der Waals surface area contributed by atoms with Gasteiger partial charge in [0.25, 0.3) is 5.56 Å². The molecule has 0 aromatic carbocycles. The number of nitrogens with two attached hydrogens (primary N) is 1. The van der Waals surface area contributed by atoms with Crippen LogP contribution in [0, 0.1) is 0 Å². The van der Waals surface area contributed by atoms with Gasteiger partial charge in [-0.25, -0.2) is 9.37 Å². The second-order valence-corrected chi connectivity index (χ2v) is 5.78. The molecule has 2 aromatic rings. The Hall–Kier alpha value is -3.26. The first kappa shape index (κ1) is 24.0. The molecule has 31 heavy (non-hydrogen) atoms. The molecule has 2 rings (SSSR count). The second kappa shape index (κ2) is 8.47. The molecule has 2 heterocycles. The molecule has 170 valence electrons. The minimum atomic E-state index is -5.95. The van der Waals surface area contributed by atoms with Gasteiger partial charge >= 0.3 is 18.3 Å². The summed E-state index contributed by atoms with van der Waals surface area (Å²) in [6, 6.07) is 1.85. The van der Waals surface area contributed by atoms with Gasteiger partial charge in [-0.1, -0.05) is 0 Å². The molecule has 0 amide bonds. The van der Waals surface area contributed by atoms with Gasteiger partial charge in [0.1, 0.15) is 17.9 Å². The summed E-state index contributed by atoms with van der Waals surface area (Å²) in [5.41, 5.74) is -0.805. The fourth-order valence-corrected chi connectivity index (χ4v) is 2.28. The van der Waals surface area contributed by atoms with Crippen LogP contribution in [0.25, 0.3) is 11.2 Å². The molecule has 0 bridgehead atoms. The van der Waals surface area contributed by atoms with E-state index >= 15 is 0 Å². The molecule has 0 atom stereocenters. The zero-order valence-corrected chi connectivity index (χ0v) is 14.9. The molecule has 0 aliphatic heterocycles. The Morgan fingerprint density at radius 2 is 1.84 bits per heavy atom. The maximum Gasteiger partial charge on any atom is 0.455 e. The van der Waals surface area contributed by atoms with E-state index in [1.54, 1.807) is 0 Å². The minimum absolute atomic E-state index is 0.181. The number of aliphatic imine (C=N–C) groups is 1. The van der Waals surface area contributed by atoms with Gasteiger partial charge in [0.15, 0.2) is 5.69 Å². The molecule has 0 fully saturated rings. The van der Waals surface area contributed by atoms with E-state index in [1.807, 2.05) is 0 Å². The van der Waals surface area contributed by atoms with E-state index in [-0.39, 0.29) is 12.0 Å². The second-order valence-electron chi connectivity index (χ2n) is 5.78. The molecule has 0 saturated carbocycles. The van der Waals surface area contributed by atoms with Crippen LogP contribution in [-0.2, 0) is 6.18 Å².